The van der Waals surface area contributed by atoms with Crippen molar-refractivity contribution in [2.45, 2.75) is 6.92 Å². The second-order valence-corrected chi connectivity index (χ2v) is 6.57. The van der Waals surface area contributed by atoms with Crippen molar-refractivity contribution in [1.29, 1.82) is 0 Å². The highest BCUT2D eigenvalue weighted by Gasteiger charge is 2.32. The van der Waals surface area contributed by atoms with E-state index >= 15 is 0 Å². The number of phenolic OH excluding ortho intramolecular Hbond substituents is 1. The summed E-state index contributed by atoms with van der Waals surface area (Å²) < 4.78 is 0. The van der Waals surface area contributed by atoms with Crippen LogP contribution < -0.4 is 0 Å². The van der Waals surface area contributed by atoms with Gasteiger partial charge in [-0.3, -0.25) is 9.69 Å². The topological polar surface area (TPSA) is 52.9 Å². The number of phenols is 1. The van der Waals surface area contributed by atoms with Gasteiger partial charge < -0.3 is 5.11 Å². The van der Waals surface area contributed by atoms with E-state index in [4.69, 9.17) is 11.6 Å². The standard InChI is InChI=1S/C18H15ClN2O2S/c1-2-21-17(23)16(10-12-5-3-8-15(22)9-12)24-18(21)20-14-7-4-6-13(19)11-14/h3-11,22H,2H2,1H3/b16-10+,20-18?. The Bertz CT molecular complexity index is 848. The predicted octanol–water partition coefficient (Wildman–Crippen LogP) is 4.67. The average molecular weight is 359 g/mol. The van der Waals surface area contributed by atoms with Gasteiger partial charge in [0.2, 0.25) is 0 Å². The molecule has 1 aliphatic heterocycles. The van der Waals surface area contributed by atoms with Gasteiger partial charge in [0.25, 0.3) is 5.91 Å². The predicted molar refractivity (Wildman–Crippen MR) is 99.6 cm³/mol. The van der Waals surface area contributed by atoms with Crippen LogP contribution in [-0.2, 0) is 4.79 Å². The molecule has 1 heterocycles. The number of carbonyl (C=O) groups excluding carboxylic acids is 1. The number of halogens is 1. The van der Waals surface area contributed by atoms with Crippen LogP contribution >= 0.6 is 23.4 Å². The van der Waals surface area contributed by atoms with Crippen LogP contribution in [0.4, 0.5) is 5.69 Å². The van der Waals surface area contributed by atoms with Gasteiger partial charge in [-0.15, -0.1) is 0 Å². The molecule has 4 nitrogen and oxygen atoms in total. The van der Waals surface area contributed by atoms with Crippen molar-refractivity contribution < 1.29 is 9.90 Å². The summed E-state index contributed by atoms with van der Waals surface area (Å²) in [4.78, 5) is 19.3. The number of benzene rings is 2. The molecular formula is C18H15ClN2O2S. The average Bonchev–Trinajstić information content (AvgIpc) is 2.82. The molecule has 0 aliphatic carbocycles. The summed E-state index contributed by atoms with van der Waals surface area (Å²) in [6.07, 6.45) is 1.76. The summed E-state index contributed by atoms with van der Waals surface area (Å²) in [5.74, 6) is 0.0755. The summed E-state index contributed by atoms with van der Waals surface area (Å²) in [5, 5.41) is 10.8. The third-order valence-corrected chi connectivity index (χ3v) is 4.65. The third kappa shape index (κ3) is 3.63. The summed E-state index contributed by atoms with van der Waals surface area (Å²) in [7, 11) is 0. The lowest BCUT2D eigenvalue weighted by atomic mass is 10.2. The number of amides is 1. The molecule has 3 rings (SSSR count). The second kappa shape index (κ2) is 7.11. The van der Waals surface area contributed by atoms with Crippen molar-refractivity contribution >= 4 is 46.2 Å². The number of amidine groups is 1. The lowest BCUT2D eigenvalue weighted by Crippen LogP contribution is -2.28. The van der Waals surface area contributed by atoms with Crippen LogP contribution in [0.2, 0.25) is 5.02 Å². The Morgan fingerprint density at radius 2 is 2.04 bits per heavy atom. The van der Waals surface area contributed by atoms with E-state index in [0.29, 0.717) is 27.3 Å². The number of hydrogen-bond donors (Lipinski definition) is 1. The summed E-state index contributed by atoms with van der Waals surface area (Å²) in [5.41, 5.74) is 1.47. The highest BCUT2D eigenvalue weighted by Crippen LogP contribution is 2.34. The van der Waals surface area contributed by atoms with E-state index in [1.165, 1.54) is 11.8 Å². The van der Waals surface area contributed by atoms with Gasteiger partial charge in [0, 0.05) is 11.6 Å². The number of aliphatic imine (C=N–C) groups is 1. The second-order valence-electron chi connectivity index (χ2n) is 5.13. The van der Waals surface area contributed by atoms with Crippen LogP contribution in [-0.4, -0.2) is 27.6 Å². The fourth-order valence-electron chi connectivity index (χ4n) is 2.29. The van der Waals surface area contributed by atoms with Crippen molar-refractivity contribution in [3.63, 3.8) is 0 Å². The number of rotatable bonds is 3. The summed E-state index contributed by atoms with van der Waals surface area (Å²) in [6.45, 7) is 2.44. The Labute approximate surface area is 149 Å². The molecule has 1 amide bonds. The van der Waals surface area contributed by atoms with E-state index < -0.39 is 0 Å². The first kappa shape index (κ1) is 16.6. The molecule has 0 saturated carbocycles. The lowest BCUT2D eigenvalue weighted by molar-refractivity contribution is -0.122. The molecule has 0 aromatic heterocycles. The van der Waals surface area contributed by atoms with Crippen molar-refractivity contribution in [2.75, 3.05) is 6.54 Å². The fourth-order valence-corrected chi connectivity index (χ4v) is 3.54. The fraction of sp³-hybridized carbons (Fsp3) is 0.111. The molecule has 0 atom stereocenters. The Morgan fingerprint density at radius 3 is 2.75 bits per heavy atom. The monoisotopic (exact) mass is 358 g/mol. The van der Waals surface area contributed by atoms with Gasteiger partial charge in [-0.1, -0.05) is 29.8 Å². The van der Waals surface area contributed by atoms with Crippen LogP contribution in [0.25, 0.3) is 6.08 Å². The molecule has 1 fully saturated rings. The first-order chi connectivity index (χ1) is 11.6. The number of aromatic hydroxyl groups is 1. The molecule has 2 aromatic carbocycles. The molecule has 1 aliphatic rings. The summed E-state index contributed by atoms with van der Waals surface area (Å²) in [6, 6.07) is 14.0. The van der Waals surface area contributed by atoms with Gasteiger partial charge in [-0.2, -0.15) is 0 Å². The van der Waals surface area contributed by atoms with Gasteiger partial charge in [0.1, 0.15) is 5.75 Å². The highest BCUT2D eigenvalue weighted by atomic mass is 35.5. The van der Waals surface area contributed by atoms with Gasteiger partial charge in [-0.05, 0) is 60.7 Å². The minimum Gasteiger partial charge on any atom is -0.508 e. The normalized spacial score (nSPS) is 17.9. The van der Waals surface area contributed by atoms with Crippen molar-refractivity contribution in [2.24, 2.45) is 4.99 Å². The third-order valence-electron chi connectivity index (χ3n) is 3.41. The maximum atomic E-state index is 12.6. The Hall–Kier alpha value is -2.24. The van der Waals surface area contributed by atoms with E-state index in [1.807, 2.05) is 25.1 Å². The molecule has 0 bridgehead atoms. The van der Waals surface area contributed by atoms with Crippen LogP contribution in [0.5, 0.6) is 5.75 Å². The molecular weight excluding hydrogens is 344 g/mol. The quantitative estimate of drug-likeness (QED) is 0.811. The van der Waals surface area contributed by atoms with E-state index in [-0.39, 0.29) is 11.7 Å². The number of likely N-dealkylation sites (N-methyl/N-ethyl adjacent to an activating group) is 1. The van der Waals surface area contributed by atoms with Crippen molar-refractivity contribution in [1.82, 2.24) is 4.90 Å². The van der Waals surface area contributed by atoms with Crippen molar-refractivity contribution in [3.05, 3.63) is 64.0 Å². The van der Waals surface area contributed by atoms with E-state index in [1.54, 1.807) is 41.3 Å². The molecule has 6 heteroatoms. The van der Waals surface area contributed by atoms with Crippen LogP contribution in [0.1, 0.15) is 12.5 Å². The zero-order valence-corrected chi connectivity index (χ0v) is 14.5. The number of hydrogen-bond acceptors (Lipinski definition) is 4. The molecule has 2 aromatic rings. The number of nitrogens with zero attached hydrogens (tertiary/aromatic N) is 2. The van der Waals surface area contributed by atoms with E-state index in [0.717, 1.165) is 5.56 Å². The first-order valence-electron chi connectivity index (χ1n) is 7.41. The van der Waals surface area contributed by atoms with Crippen molar-refractivity contribution in [3.8, 4) is 5.75 Å². The van der Waals surface area contributed by atoms with E-state index in [2.05, 4.69) is 4.99 Å². The summed E-state index contributed by atoms with van der Waals surface area (Å²) >= 11 is 7.30. The molecule has 0 radical (unpaired) electrons. The zero-order valence-electron chi connectivity index (χ0n) is 12.9. The van der Waals surface area contributed by atoms with Crippen LogP contribution in [0, 0.1) is 0 Å². The SMILES string of the molecule is CCN1C(=O)/C(=C\c2cccc(O)c2)SC1=Nc1cccc(Cl)c1. The number of carbonyl (C=O) groups is 1. The van der Waals surface area contributed by atoms with Crippen LogP contribution in [0.3, 0.4) is 0 Å². The van der Waals surface area contributed by atoms with Gasteiger partial charge in [0.05, 0.1) is 10.6 Å². The Morgan fingerprint density at radius 1 is 1.25 bits per heavy atom. The molecule has 1 saturated heterocycles. The molecule has 1 N–H and O–H groups in total. The van der Waals surface area contributed by atoms with Gasteiger partial charge in [0.15, 0.2) is 5.17 Å². The zero-order chi connectivity index (χ0) is 17.1. The maximum Gasteiger partial charge on any atom is 0.266 e. The largest absolute Gasteiger partial charge is 0.508 e. The molecule has 122 valence electrons. The maximum absolute atomic E-state index is 12.6. The number of thioether (sulfide) groups is 1. The molecule has 0 spiro atoms. The lowest BCUT2D eigenvalue weighted by Gasteiger charge is -2.12. The Balaban J connectivity index is 1.94. The minimum atomic E-state index is -0.0911. The minimum absolute atomic E-state index is 0.0911. The molecule has 24 heavy (non-hydrogen) atoms. The highest BCUT2D eigenvalue weighted by molar-refractivity contribution is 8.18. The van der Waals surface area contributed by atoms with Gasteiger partial charge in [-0.25, -0.2) is 4.99 Å². The Kier molecular flexibility index (Phi) is 4.92. The smallest absolute Gasteiger partial charge is 0.266 e. The first-order valence-corrected chi connectivity index (χ1v) is 8.61. The van der Waals surface area contributed by atoms with Gasteiger partial charge >= 0.3 is 0 Å². The molecule has 0 unspecified atom stereocenters. The van der Waals surface area contributed by atoms with Crippen LogP contribution in [0.15, 0.2) is 58.4 Å². The van der Waals surface area contributed by atoms with E-state index in [9.17, 15) is 9.90 Å².